The lowest BCUT2D eigenvalue weighted by Gasteiger charge is -2.44. The van der Waals surface area contributed by atoms with Crippen LogP contribution in [0.4, 0.5) is 0 Å². The fourth-order valence-electron chi connectivity index (χ4n) is 5.83. The topological polar surface area (TPSA) is 65.1 Å². The van der Waals surface area contributed by atoms with Gasteiger partial charge in [0.1, 0.15) is 6.61 Å². The highest BCUT2D eigenvalue weighted by Gasteiger charge is 2.43. The quantitative estimate of drug-likeness (QED) is 0.274. The molecule has 0 unspecified atom stereocenters. The second-order valence-electron chi connectivity index (χ2n) is 9.92. The Morgan fingerprint density at radius 2 is 1.59 bits per heavy atom. The maximum absolute atomic E-state index is 13.5. The lowest BCUT2D eigenvalue weighted by Crippen LogP contribution is -2.40. The summed E-state index contributed by atoms with van der Waals surface area (Å²) in [5.41, 5.74) is 5.31. The van der Waals surface area contributed by atoms with Crippen molar-refractivity contribution in [2.75, 3.05) is 27.4 Å². The number of Topliss-reactive ketones (excluding diaryl/α,β-unsaturated/α-hetero) is 2. The summed E-state index contributed by atoms with van der Waals surface area (Å²) in [6.07, 6.45) is 4.23. The van der Waals surface area contributed by atoms with Crippen molar-refractivity contribution >= 4 is 57.4 Å². The molecule has 5 rings (SSSR count). The van der Waals surface area contributed by atoms with Crippen molar-refractivity contribution in [2.24, 2.45) is 0 Å². The zero-order valence-electron chi connectivity index (χ0n) is 22.0. The number of hydrogen-bond donors (Lipinski definition) is 0. The molecule has 2 aromatic carbocycles. The maximum Gasteiger partial charge on any atom is 0.174 e. The Balaban J connectivity index is 1.57. The van der Waals surface area contributed by atoms with Gasteiger partial charge in [0.25, 0.3) is 0 Å². The Morgan fingerprint density at radius 1 is 0.923 bits per heavy atom. The molecule has 0 N–H and O–H groups in total. The van der Waals surface area contributed by atoms with E-state index >= 15 is 0 Å². The monoisotopic (exact) mass is 681 g/mol. The first-order valence-corrected chi connectivity index (χ1v) is 14.9. The lowest BCUT2D eigenvalue weighted by molar-refractivity contribution is -0.117. The van der Waals surface area contributed by atoms with Crippen LogP contribution in [-0.4, -0.2) is 43.8 Å². The van der Waals surface area contributed by atoms with Crippen LogP contribution in [0.5, 0.6) is 11.5 Å². The van der Waals surface area contributed by atoms with Crippen LogP contribution >= 0.6 is 45.8 Å². The van der Waals surface area contributed by atoms with E-state index in [0.717, 1.165) is 62.9 Å². The van der Waals surface area contributed by atoms with Crippen LogP contribution < -0.4 is 9.47 Å². The van der Waals surface area contributed by atoms with Gasteiger partial charge in [0.15, 0.2) is 23.1 Å². The summed E-state index contributed by atoms with van der Waals surface area (Å²) < 4.78 is 18.2. The average molecular weight is 682 g/mol. The van der Waals surface area contributed by atoms with Gasteiger partial charge < -0.3 is 19.1 Å². The predicted octanol–water partition coefficient (Wildman–Crippen LogP) is 7.25. The molecule has 2 aliphatic carbocycles. The molecule has 1 aliphatic heterocycles. The summed E-state index contributed by atoms with van der Waals surface area (Å²) in [5, 5.41) is 0.955. The second-order valence-corrected chi connectivity index (χ2v) is 11.9. The molecule has 0 spiro atoms. The molecule has 0 saturated heterocycles. The van der Waals surface area contributed by atoms with Crippen molar-refractivity contribution in [2.45, 2.75) is 51.0 Å². The zero-order valence-corrected chi connectivity index (χ0v) is 25.6. The highest BCUT2D eigenvalue weighted by Crippen LogP contribution is 2.50. The molecular formula is C30H30Cl2INO5. The van der Waals surface area contributed by atoms with Gasteiger partial charge in [-0.25, -0.2) is 0 Å². The SMILES string of the molecule is COCCN1C2=C(C(=O)CCC2)C(c2cc(I)c(OCc3ccc(Cl)c(Cl)c3)c(OC)c2)C2=C1CCCC2=O. The first kappa shape index (κ1) is 28.5. The van der Waals surface area contributed by atoms with E-state index in [0.29, 0.717) is 47.5 Å². The van der Waals surface area contributed by atoms with Crippen LogP contribution in [0.2, 0.25) is 10.0 Å². The fraction of sp³-hybridized carbons (Fsp3) is 0.400. The number of carbonyl (C=O) groups excluding carboxylic acids is 2. The number of halogens is 3. The number of hydrogen-bond acceptors (Lipinski definition) is 6. The summed E-state index contributed by atoms with van der Waals surface area (Å²) in [5.74, 6) is 0.958. The molecule has 0 atom stereocenters. The van der Waals surface area contributed by atoms with Gasteiger partial charge in [0, 0.05) is 55.0 Å². The Hall–Kier alpha value is -2.07. The summed E-state index contributed by atoms with van der Waals surface area (Å²) in [6.45, 7) is 1.43. The summed E-state index contributed by atoms with van der Waals surface area (Å²) >= 11 is 14.5. The number of nitrogens with zero attached hydrogens (tertiary/aromatic N) is 1. The van der Waals surface area contributed by atoms with Crippen molar-refractivity contribution in [3.05, 3.63) is 77.6 Å². The molecule has 6 nitrogen and oxygen atoms in total. The number of ketones is 2. The molecule has 3 aliphatic rings. The van der Waals surface area contributed by atoms with Crippen LogP contribution in [0.25, 0.3) is 0 Å². The Labute approximate surface area is 252 Å². The van der Waals surface area contributed by atoms with Crippen LogP contribution in [0, 0.1) is 3.57 Å². The van der Waals surface area contributed by atoms with E-state index in [2.05, 4.69) is 27.5 Å². The van der Waals surface area contributed by atoms with Crippen LogP contribution in [-0.2, 0) is 20.9 Å². The standard InChI is InChI=1S/C30H30Cl2INO5/c1-37-12-11-34-22-5-3-7-24(35)28(22)27(29-23(34)6-4-8-25(29)36)18-14-21(33)30(26(15-18)38-2)39-16-17-9-10-19(31)20(32)13-17/h9-10,13-15,27H,3-8,11-12,16H2,1-2H3. The first-order chi connectivity index (χ1) is 18.8. The van der Waals surface area contributed by atoms with E-state index in [4.69, 9.17) is 37.4 Å². The molecule has 0 radical (unpaired) electrons. The van der Waals surface area contributed by atoms with Gasteiger partial charge in [-0.05, 0) is 83.7 Å². The molecule has 0 aromatic heterocycles. The predicted molar refractivity (Wildman–Crippen MR) is 160 cm³/mol. The molecule has 0 fully saturated rings. The maximum atomic E-state index is 13.5. The second kappa shape index (κ2) is 12.2. The van der Waals surface area contributed by atoms with Crippen LogP contribution in [0.15, 0.2) is 52.9 Å². The normalized spacial score (nSPS) is 17.9. The summed E-state index contributed by atoms with van der Waals surface area (Å²) in [7, 11) is 3.27. The third-order valence-electron chi connectivity index (χ3n) is 7.56. The minimum absolute atomic E-state index is 0.113. The molecule has 2 aromatic rings. The molecule has 0 saturated carbocycles. The smallest absolute Gasteiger partial charge is 0.174 e. The van der Waals surface area contributed by atoms with E-state index in [-0.39, 0.29) is 18.2 Å². The van der Waals surface area contributed by atoms with Gasteiger partial charge >= 0.3 is 0 Å². The average Bonchev–Trinajstić information content (AvgIpc) is 2.92. The number of allylic oxidation sites excluding steroid dienone is 4. The Bertz CT molecular complexity index is 1340. The van der Waals surface area contributed by atoms with Gasteiger partial charge in [-0.2, -0.15) is 0 Å². The molecule has 0 bridgehead atoms. The van der Waals surface area contributed by atoms with E-state index in [1.807, 2.05) is 18.2 Å². The minimum Gasteiger partial charge on any atom is -0.493 e. The van der Waals surface area contributed by atoms with Crippen LogP contribution in [0.3, 0.4) is 0 Å². The highest BCUT2D eigenvalue weighted by atomic mass is 127. The zero-order chi connectivity index (χ0) is 27.7. The number of carbonyl (C=O) groups is 2. The molecule has 9 heteroatoms. The highest BCUT2D eigenvalue weighted by molar-refractivity contribution is 14.1. The largest absolute Gasteiger partial charge is 0.493 e. The summed E-state index contributed by atoms with van der Waals surface area (Å²) in [6, 6.07) is 9.32. The van der Waals surface area contributed by atoms with Crippen molar-refractivity contribution in [3.8, 4) is 11.5 Å². The molecule has 206 valence electrons. The van der Waals surface area contributed by atoms with E-state index < -0.39 is 5.92 Å². The summed E-state index contributed by atoms with van der Waals surface area (Å²) in [4.78, 5) is 29.2. The van der Waals surface area contributed by atoms with Gasteiger partial charge in [0.2, 0.25) is 0 Å². The third kappa shape index (κ3) is 5.60. The number of rotatable bonds is 8. The van der Waals surface area contributed by atoms with Crippen molar-refractivity contribution < 1.29 is 23.8 Å². The van der Waals surface area contributed by atoms with E-state index in [1.165, 1.54) is 0 Å². The lowest BCUT2D eigenvalue weighted by atomic mass is 9.71. The van der Waals surface area contributed by atoms with Crippen molar-refractivity contribution in [1.29, 1.82) is 0 Å². The van der Waals surface area contributed by atoms with Gasteiger partial charge in [-0.3, -0.25) is 9.59 Å². The van der Waals surface area contributed by atoms with E-state index in [1.54, 1.807) is 26.4 Å². The van der Waals surface area contributed by atoms with Crippen molar-refractivity contribution in [3.63, 3.8) is 0 Å². The Morgan fingerprint density at radius 3 is 2.18 bits per heavy atom. The fourth-order valence-corrected chi connectivity index (χ4v) is 6.94. The molecule has 1 heterocycles. The van der Waals surface area contributed by atoms with Crippen molar-refractivity contribution in [1.82, 2.24) is 4.90 Å². The van der Waals surface area contributed by atoms with Gasteiger partial charge in [-0.15, -0.1) is 0 Å². The number of ether oxygens (including phenoxy) is 3. The molecular weight excluding hydrogens is 652 g/mol. The van der Waals surface area contributed by atoms with E-state index in [9.17, 15) is 9.59 Å². The first-order valence-electron chi connectivity index (χ1n) is 13.1. The molecule has 0 amide bonds. The van der Waals surface area contributed by atoms with Gasteiger partial charge in [-0.1, -0.05) is 29.3 Å². The Kier molecular flexibility index (Phi) is 8.91. The third-order valence-corrected chi connectivity index (χ3v) is 9.10. The molecule has 39 heavy (non-hydrogen) atoms. The number of methoxy groups -OCH3 is 2. The van der Waals surface area contributed by atoms with Gasteiger partial charge in [0.05, 0.1) is 27.3 Å². The van der Waals surface area contributed by atoms with Crippen LogP contribution in [0.1, 0.15) is 55.6 Å². The number of benzene rings is 2. The minimum atomic E-state index is -0.416.